The summed E-state index contributed by atoms with van der Waals surface area (Å²) in [7, 11) is 0. The molecule has 2 aliphatic heterocycles. The van der Waals surface area contributed by atoms with E-state index in [2.05, 4.69) is 20.4 Å². The Morgan fingerprint density at radius 2 is 2.18 bits per heavy atom. The van der Waals surface area contributed by atoms with Crippen LogP contribution in [-0.2, 0) is 0 Å². The number of hydrogen-bond acceptors (Lipinski definition) is 5. The van der Waals surface area contributed by atoms with Crippen molar-refractivity contribution in [1.29, 1.82) is 0 Å². The summed E-state index contributed by atoms with van der Waals surface area (Å²) in [4.78, 5) is 22.7. The number of anilines is 2. The second-order valence-electron chi connectivity index (χ2n) is 5.32. The number of halogens is 1. The van der Waals surface area contributed by atoms with Crippen LogP contribution in [0.1, 0.15) is 6.04 Å². The molecule has 114 valence electrons. The van der Waals surface area contributed by atoms with E-state index in [1.54, 1.807) is 11.1 Å². The van der Waals surface area contributed by atoms with E-state index >= 15 is 0 Å². The molecule has 1 N–H and O–H groups in total. The molecule has 0 unspecified atom stereocenters. The summed E-state index contributed by atoms with van der Waals surface area (Å²) in [5, 5.41) is 7.06. The number of carbonyl (C=O) groups excluding carboxylic acids is 1. The number of hydrogen-bond donors (Lipinski definition) is 1. The Hall–Kier alpha value is -2.71. The van der Waals surface area contributed by atoms with Gasteiger partial charge in [0, 0.05) is 32.4 Å². The van der Waals surface area contributed by atoms with E-state index in [0.717, 1.165) is 11.9 Å². The summed E-state index contributed by atoms with van der Waals surface area (Å²) in [6.45, 7) is 2.55. The lowest BCUT2D eigenvalue weighted by molar-refractivity contribution is 0.252. The van der Waals surface area contributed by atoms with Gasteiger partial charge in [-0.25, -0.2) is 19.2 Å². The van der Waals surface area contributed by atoms with Crippen LogP contribution in [0.5, 0.6) is 0 Å². The van der Waals surface area contributed by atoms with Crippen LogP contribution in [-0.4, -0.2) is 52.0 Å². The lowest BCUT2D eigenvalue weighted by atomic mass is 10.1. The third-order valence-electron chi connectivity index (χ3n) is 3.94. The summed E-state index contributed by atoms with van der Waals surface area (Å²) >= 11 is 0. The fourth-order valence-electron chi connectivity index (χ4n) is 2.72. The molecule has 0 aromatic carbocycles. The first-order valence-electron chi connectivity index (χ1n) is 7.02. The molecule has 9 heteroatoms. The van der Waals surface area contributed by atoms with Gasteiger partial charge in [-0.1, -0.05) is 0 Å². The summed E-state index contributed by atoms with van der Waals surface area (Å²) in [6.07, 6.45) is 6.03. The van der Waals surface area contributed by atoms with Gasteiger partial charge < -0.3 is 10.2 Å². The lowest BCUT2D eigenvalue weighted by Crippen LogP contribution is -2.48. The van der Waals surface area contributed by atoms with Crippen molar-refractivity contribution < 1.29 is 9.18 Å². The summed E-state index contributed by atoms with van der Waals surface area (Å²) in [5.74, 6) is -0.103. The second-order valence-corrected chi connectivity index (χ2v) is 5.32. The molecule has 2 amide bonds. The van der Waals surface area contributed by atoms with Crippen LogP contribution < -0.4 is 15.1 Å². The Bertz CT molecular complexity index is 712. The molecule has 22 heavy (non-hydrogen) atoms. The normalized spacial score (nSPS) is 18.5. The molecule has 2 saturated heterocycles. The Labute approximate surface area is 125 Å². The first-order chi connectivity index (χ1) is 10.7. The van der Waals surface area contributed by atoms with Crippen molar-refractivity contribution in [1.82, 2.24) is 25.1 Å². The zero-order chi connectivity index (χ0) is 15.1. The maximum absolute atomic E-state index is 13.6. The molecule has 0 bridgehead atoms. The number of nitrogens with one attached hydrogen (secondary N) is 1. The third kappa shape index (κ3) is 2.05. The lowest BCUT2D eigenvalue weighted by Gasteiger charge is -2.39. The number of urea groups is 1. The quantitative estimate of drug-likeness (QED) is 0.888. The number of aromatic nitrogens is 4. The standard InChI is InChI=1S/C13H14FN7O/c14-11-4-15-8-17-12(11)19-5-10(6-19)21-7-9(3-18-21)20-2-1-16-13(20)22/h3-4,7-8,10H,1-2,5-6H2,(H,16,22). The maximum atomic E-state index is 13.6. The molecule has 4 rings (SSSR count). The van der Waals surface area contributed by atoms with Crippen LogP contribution in [0.25, 0.3) is 0 Å². The monoisotopic (exact) mass is 303 g/mol. The number of carbonyl (C=O) groups is 1. The van der Waals surface area contributed by atoms with Gasteiger partial charge in [0.05, 0.1) is 24.1 Å². The van der Waals surface area contributed by atoms with Crippen molar-refractivity contribution in [2.75, 3.05) is 36.0 Å². The van der Waals surface area contributed by atoms with E-state index < -0.39 is 5.82 Å². The Balaban J connectivity index is 1.44. The highest BCUT2D eigenvalue weighted by atomic mass is 19.1. The van der Waals surface area contributed by atoms with Crippen molar-refractivity contribution in [3.05, 3.63) is 30.7 Å². The molecule has 2 fully saturated rings. The fraction of sp³-hybridized carbons (Fsp3) is 0.385. The van der Waals surface area contributed by atoms with Gasteiger partial charge in [0.25, 0.3) is 0 Å². The Morgan fingerprint density at radius 1 is 1.32 bits per heavy atom. The maximum Gasteiger partial charge on any atom is 0.322 e. The molecule has 0 saturated carbocycles. The first-order valence-corrected chi connectivity index (χ1v) is 7.02. The predicted octanol–water partition coefficient (Wildman–Crippen LogP) is 0.403. The van der Waals surface area contributed by atoms with Crippen LogP contribution in [0.3, 0.4) is 0 Å². The topological polar surface area (TPSA) is 79.2 Å². The average Bonchev–Trinajstić information content (AvgIpc) is 3.08. The van der Waals surface area contributed by atoms with E-state index in [0.29, 0.717) is 32.0 Å². The van der Waals surface area contributed by atoms with Gasteiger partial charge in [-0.2, -0.15) is 5.10 Å². The van der Waals surface area contributed by atoms with Crippen molar-refractivity contribution in [3.63, 3.8) is 0 Å². The molecule has 0 spiro atoms. The summed E-state index contributed by atoms with van der Waals surface area (Å²) in [6, 6.07) is 0.0478. The highest BCUT2D eigenvalue weighted by Crippen LogP contribution is 2.28. The Morgan fingerprint density at radius 3 is 2.91 bits per heavy atom. The molecule has 2 aromatic heterocycles. The largest absolute Gasteiger partial charge is 0.350 e. The van der Waals surface area contributed by atoms with Gasteiger partial charge in [0.1, 0.15) is 6.33 Å². The van der Waals surface area contributed by atoms with Gasteiger partial charge in [0.2, 0.25) is 0 Å². The third-order valence-corrected chi connectivity index (χ3v) is 3.94. The van der Waals surface area contributed by atoms with Gasteiger partial charge >= 0.3 is 6.03 Å². The van der Waals surface area contributed by atoms with Crippen molar-refractivity contribution in [3.8, 4) is 0 Å². The number of rotatable bonds is 3. The van der Waals surface area contributed by atoms with Crippen molar-refractivity contribution >= 4 is 17.5 Å². The highest BCUT2D eigenvalue weighted by Gasteiger charge is 2.32. The molecule has 0 aliphatic carbocycles. The van der Waals surface area contributed by atoms with Gasteiger partial charge in [-0.15, -0.1) is 0 Å². The number of nitrogens with zero attached hydrogens (tertiary/aromatic N) is 6. The molecule has 0 radical (unpaired) electrons. The molecular formula is C13H14FN7O. The van der Waals surface area contributed by atoms with Crippen LogP contribution in [0, 0.1) is 5.82 Å². The second kappa shape index (κ2) is 4.93. The van der Waals surface area contributed by atoms with E-state index in [4.69, 9.17) is 0 Å². The zero-order valence-electron chi connectivity index (χ0n) is 11.7. The van der Waals surface area contributed by atoms with E-state index in [1.807, 2.05) is 15.8 Å². The minimum absolute atomic E-state index is 0.0992. The van der Waals surface area contributed by atoms with Crippen LogP contribution in [0.15, 0.2) is 24.9 Å². The summed E-state index contributed by atoms with van der Waals surface area (Å²) in [5.41, 5.74) is 0.779. The highest BCUT2D eigenvalue weighted by molar-refractivity contribution is 5.93. The van der Waals surface area contributed by atoms with Crippen LogP contribution in [0.4, 0.5) is 20.7 Å². The molecule has 2 aliphatic rings. The fourth-order valence-corrected chi connectivity index (χ4v) is 2.72. The van der Waals surface area contributed by atoms with Crippen LogP contribution >= 0.6 is 0 Å². The first kappa shape index (κ1) is 13.0. The minimum atomic E-state index is -0.421. The molecule has 8 nitrogen and oxygen atoms in total. The van der Waals surface area contributed by atoms with Crippen LogP contribution in [0.2, 0.25) is 0 Å². The average molecular weight is 303 g/mol. The molecular weight excluding hydrogens is 289 g/mol. The van der Waals surface area contributed by atoms with E-state index in [9.17, 15) is 9.18 Å². The predicted molar refractivity (Wildman–Crippen MR) is 76.2 cm³/mol. The van der Waals surface area contributed by atoms with E-state index in [1.165, 1.54) is 6.33 Å². The zero-order valence-corrected chi connectivity index (χ0v) is 11.7. The summed E-state index contributed by atoms with van der Waals surface area (Å²) < 4.78 is 15.4. The van der Waals surface area contributed by atoms with Crippen molar-refractivity contribution in [2.24, 2.45) is 0 Å². The Kier molecular flexibility index (Phi) is 2.91. The number of amides is 2. The van der Waals surface area contributed by atoms with E-state index in [-0.39, 0.29) is 12.1 Å². The van der Waals surface area contributed by atoms with Gasteiger partial charge in [-0.3, -0.25) is 9.58 Å². The minimum Gasteiger partial charge on any atom is -0.350 e. The molecule has 2 aromatic rings. The van der Waals surface area contributed by atoms with Crippen molar-refractivity contribution in [2.45, 2.75) is 6.04 Å². The van der Waals surface area contributed by atoms with Gasteiger partial charge in [-0.05, 0) is 0 Å². The molecule has 0 atom stereocenters. The molecule has 4 heterocycles. The SMILES string of the molecule is O=C1NCCN1c1cnn(C2CN(c3ncncc3F)C2)c1. The van der Waals surface area contributed by atoms with Gasteiger partial charge in [0.15, 0.2) is 11.6 Å². The smallest absolute Gasteiger partial charge is 0.322 e.